The second-order valence-electron chi connectivity index (χ2n) is 0.674. The van der Waals surface area contributed by atoms with Gasteiger partial charge in [0, 0.05) is 65.4 Å². The number of hydrogen-bond donors (Lipinski definition) is 0. The molecule has 0 aliphatic rings. The predicted octanol–water partition coefficient (Wildman–Crippen LogP) is 0.684. The maximum absolute atomic E-state index is 9.03. The molecule has 0 heterocycles. The van der Waals surface area contributed by atoms with Gasteiger partial charge in [0.1, 0.15) is 11.6 Å². The summed E-state index contributed by atoms with van der Waals surface area (Å²) in [6, 6.07) is -0.108. The van der Waals surface area contributed by atoms with E-state index in [9.17, 15) is 0 Å². The Bertz CT molecular complexity index is 77.5. The van der Waals surface area contributed by atoms with Crippen LogP contribution in [0, 0.1) is 0 Å². The molecule has 12 heavy (non-hydrogen) atoms. The Labute approximate surface area is 134 Å². The van der Waals surface area contributed by atoms with Gasteiger partial charge in [-0.1, -0.05) is 40.5 Å². The molecule has 0 saturated heterocycles. The Morgan fingerprint density at radius 3 is 1.58 bits per heavy atom. The minimum atomic E-state index is -0.108. The smallest absolute Gasteiger partial charge is 0.126 e. The second kappa shape index (κ2) is 29.3. The van der Waals surface area contributed by atoms with Crippen molar-refractivity contribution >= 4 is 40.5 Å². The van der Waals surface area contributed by atoms with Crippen molar-refractivity contribution in [2.24, 2.45) is 0 Å². The van der Waals surface area contributed by atoms with Crippen LogP contribution in [0.1, 0.15) is 0 Å². The van der Waals surface area contributed by atoms with E-state index >= 15 is 0 Å². The first kappa shape index (κ1) is 23.6. The molecule has 0 saturated carbocycles. The van der Waals surface area contributed by atoms with E-state index in [1.165, 1.54) is 6.47 Å². The van der Waals surface area contributed by atoms with Crippen molar-refractivity contribution < 1.29 is 84.5 Å². The summed E-state index contributed by atoms with van der Waals surface area (Å²) >= 11 is 7.64. The van der Waals surface area contributed by atoms with Crippen molar-refractivity contribution in [2.45, 2.75) is 0 Å². The molecule has 0 N–H and O–H groups in total. The predicted molar refractivity (Wildman–Crippen MR) is 38.1 cm³/mol. The fourth-order valence-corrected chi connectivity index (χ4v) is 0.183. The van der Waals surface area contributed by atoms with Crippen LogP contribution in [0.4, 0.5) is 0 Å². The van der Waals surface area contributed by atoms with Gasteiger partial charge in [-0.3, -0.25) is 0 Å². The largest absolute Gasteiger partial charge is 0.645 e. The standard InChI is InChI=1S/C2H2BrO2.C2H2ClO2.2Y/c2*3-1-5-2-4;;/h2*1H2;;/q2*-1;;. The van der Waals surface area contributed by atoms with E-state index in [1.54, 1.807) is 0 Å². The average Bonchev–Trinajstić information content (AvgIpc) is 1.93. The van der Waals surface area contributed by atoms with Crippen molar-refractivity contribution in [3.63, 3.8) is 0 Å². The fourth-order valence-electron chi connectivity index (χ4n) is 0.0445. The maximum Gasteiger partial charge on any atom is 0.126 e. The molecule has 0 amide bonds. The minimum absolute atomic E-state index is 0. The van der Waals surface area contributed by atoms with Crippen molar-refractivity contribution in [1.29, 1.82) is 0 Å². The molecule has 0 fully saturated rings. The maximum atomic E-state index is 9.03. The number of halogens is 2. The van der Waals surface area contributed by atoms with Crippen molar-refractivity contribution in [1.82, 2.24) is 0 Å². The summed E-state index contributed by atoms with van der Waals surface area (Å²) < 4.78 is 7.74. The van der Waals surface area contributed by atoms with E-state index in [2.05, 4.69) is 25.4 Å². The Morgan fingerprint density at radius 1 is 1.17 bits per heavy atom. The van der Waals surface area contributed by atoms with Gasteiger partial charge in [0.05, 0.1) is 0 Å². The van der Waals surface area contributed by atoms with Crippen LogP contribution in [-0.2, 0) is 84.5 Å². The first-order valence-corrected chi connectivity index (χ1v) is 3.58. The minimum Gasteiger partial charge on any atom is -0.645 e. The van der Waals surface area contributed by atoms with Gasteiger partial charge in [0.15, 0.2) is 0 Å². The molecule has 2 radical (unpaired) electrons. The quantitative estimate of drug-likeness (QED) is 0.507. The zero-order valence-corrected chi connectivity index (χ0v) is 14.0. The molecule has 0 aromatic rings. The average molecular weight is 409 g/mol. The molecule has 0 unspecified atom stereocenters. The Morgan fingerprint density at radius 2 is 1.58 bits per heavy atom. The molecule has 0 rings (SSSR count). The molecular formula is C4H4BrClO4Y2-2. The number of alkyl halides is 2. The molecule has 66 valence electrons. The van der Waals surface area contributed by atoms with Crippen LogP contribution in [0.2, 0.25) is 0 Å². The SMILES string of the molecule is O=[C-]OCBr.O=[C-]OCCl.[Y].[Y]. The molecule has 4 nitrogen and oxygen atoms in total. The third kappa shape index (κ3) is 40.6. The summed E-state index contributed by atoms with van der Waals surface area (Å²) in [5.41, 5.74) is 0.233. The van der Waals surface area contributed by atoms with Gasteiger partial charge in [-0.15, -0.1) is 0 Å². The molecule has 0 aromatic heterocycles. The molecular weight excluding hydrogens is 405 g/mol. The normalized spacial score (nSPS) is 5.50. The molecule has 0 aliphatic carbocycles. The molecule has 8 heteroatoms. The Balaban J connectivity index is -0.0000000457. The number of hydrogen-bond acceptors (Lipinski definition) is 4. The molecule has 0 aromatic carbocycles. The van der Waals surface area contributed by atoms with Crippen LogP contribution in [0.25, 0.3) is 0 Å². The third-order valence-electron chi connectivity index (χ3n) is 0.227. The summed E-state index contributed by atoms with van der Waals surface area (Å²) in [6.45, 7) is 2.36. The summed E-state index contributed by atoms with van der Waals surface area (Å²) in [6.07, 6.45) is 0. The second-order valence-corrected chi connectivity index (χ2v) is 1.35. The third-order valence-corrected chi connectivity index (χ3v) is 0.565. The molecule has 0 spiro atoms. The van der Waals surface area contributed by atoms with Crippen molar-refractivity contribution in [2.75, 3.05) is 11.6 Å². The van der Waals surface area contributed by atoms with Crippen LogP contribution in [-0.4, -0.2) is 24.5 Å². The first-order chi connectivity index (χ1) is 4.83. The summed E-state index contributed by atoms with van der Waals surface area (Å²) in [5, 5.41) is 0. The number of ether oxygens (including phenoxy) is 2. The molecule has 0 bridgehead atoms. The number of rotatable bonds is 4. The Kier molecular flexibility index (Phi) is 57.6. The zero-order valence-electron chi connectivity index (χ0n) is 5.96. The van der Waals surface area contributed by atoms with Crippen LogP contribution >= 0.6 is 27.5 Å². The zero-order chi connectivity index (χ0) is 8.24. The van der Waals surface area contributed by atoms with E-state index in [4.69, 9.17) is 21.2 Å². The van der Waals surface area contributed by atoms with E-state index in [1.807, 2.05) is 0 Å². The first-order valence-electron chi connectivity index (χ1n) is 1.93. The van der Waals surface area contributed by atoms with E-state index in [0.29, 0.717) is 0 Å². The van der Waals surface area contributed by atoms with E-state index < -0.39 is 0 Å². The van der Waals surface area contributed by atoms with Gasteiger partial charge in [0.25, 0.3) is 0 Å². The van der Waals surface area contributed by atoms with Gasteiger partial charge in [-0.2, -0.15) is 0 Å². The van der Waals surface area contributed by atoms with E-state index in [0.717, 1.165) is 6.47 Å². The van der Waals surface area contributed by atoms with Gasteiger partial charge in [-0.05, 0) is 0 Å². The van der Waals surface area contributed by atoms with Gasteiger partial charge < -0.3 is 19.1 Å². The Hall–Kier alpha value is 1.92. The van der Waals surface area contributed by atoms with Crippen molar-refractivity contribution in [3.8, 4) is 0 Å². The molecule has 0 aliphatic heterocycles. The van der Waals surface area contributed by atoms with Gasteiger partial charge in [0.2, 0.25) is 0 Å². The fraction of sp³-hybridized carbons (Fsp3) is 0.500. The van der Waals surface area contributed by atoms with Crippen LogP contribution < -0.4 is 0 Å². The monoisotopic (exact) mass is 408 g/mol. The van der Waals surface area contributed by atoms with Crippen molar-refractivity contribution in [3.05, 3.63) is 0 Å². The summed E-state index contributed by atoms with van der Waals surface area (Å²) in [4.78, 5) is 18.0. The van der Waals surface area contributed by atoms with E-state index in [-0.39, 0.29) is 77.0 Å². The summed E-state index contributed by atoms with van der Waals surface area (Å²) in [5.74, 6) is 0. The topological polar surface area (TPSA) is 52.6 Å². The number of carbonyl (C=O) groups excluding carboxylic acids is 2. The molecule has 0 atom stereocenters. The van der Waals surface area contributed by atoms with Crippen LogP contribution in [0.3, 0.4) is 0 Å². The van der Waals surface area contributed by atoms with Crippen LogP contribution in [0.5, 0.6) is 0 Å². The van der Waals surface area contributed by atoms with Gasteiger partial charge in [-0.25, -0.2) is 0 Å². The van der Waals surface area contributed by atoms with Crippen LogP contribution in [0.15, 0.2) is 0 Å². The van der Waals surface area contributed by atoms with Gasteiger partial charge >= 0.3 is 0 Å². The summed E-state index contributed by atoms with van der Waals surface area (Å²) in [7, 11) is 0.